The molecule has 0 bridgehead atoms. The smallest absolute Gasteiger partial charge is 0.348 e. The molecule has 0 saturated heterocycles. The van der Waals surface area contributed by atoms with E-state index in [2.05, 4.69) is 214 Å². The number of benzene rings is 2. The average Bonchev–Trinajstić information content (AvgIpc) is 1.63. The molecule has 10 aromatic heterocycles. The van der Waals surface area contributed by atoms with Crippen molar-refractivity contribution in [3.8, 4) is 0 Å². The molecule has 0 N–H and O–H groups in total. The summed E-state index contributed by atoms with van der Waals surface area (Å²) in [5.41, 5.74) is 24.0. The van der Waals surface area contributed by atoms with Gasteiger partial charge < -0.3 is 18.9 Å². The second-order valence-corrected chi connectivity index (χ2v) is 28.4. The lowest BCUT2D eigenvalue weighted by molar-refractivity contribution is -0.193. The van der Waals surface area contributed by atoms with Crippen LogP contribution in [-0.2, 0) is 142 Å². The Balaban J connectivity index is -0.00000125. The maximum atomic E-state index is 11.1. The minimum atomic E-state index is -0.189. The number of amides is 1. The van der Waals surface area contributed by atoms with E-state index in [4.69, 9.17) is 67.1 Å². The number of halogens is 1. The Kier molecular flexibility index (Phi) is 57.3. The molecular formula is C83H104BrN21O15S2. The first-order chi connectivity index (χ1) is 57.5. The first-order valence-corrected chi connectivity index (χ1v) is 38.5. The molecule has 0 atom stereocenters. The molecule has 122 heavy (non-hydrogen) atoms. The molecule has 39 heteroatoms. The topological polar surface area (TPSA) is 451 Å². The Morgan fingerprint density at radius 2 is 0.943 bits per heavy atom. The van der Waals surface area contributed by atoms with Crippen molar-refractivity contribution in [2.45, 2.75) is 136 Å². The zero-order valence-corrected chi connectivity index (χ0v) is 76.5. The van der Waals surface area contributed by atoms with Crippen LogP contribution in [0, 0.1) is 104 Å². The van der Waals surface area contributed by atoms with Crippen molar-refractivity contribution in [2.75, 3.05) is 23.9 Å². The van der Waals surface area contributed by atoms with Crippen molar-refractivity contribution >= 4 is 116 Å². The second-order valence-electron chi connectivity index (χ2n) is 25.2. The summed E-state index contributed by atoms with van der Waals surface area (Å²) in [6, 6.07) is 24.9. The SMILES string of the molecule is C=C1Cc2ccccc2N1C.C=C1Cc2ccccc2N1C.CCc1cc(C)n(C)n1.Cc1cc(C)n(C)n1.Cc1csc(C)n1.Cc1nc(C)c(C)s1.Cc1nc(C)n(C)n1.Cc1nn(C)c(C)c1Br.Cc1nn(C)c(C)c1C.Cn1cnc2c1C(=O)N=CC2.Cn1cnc2cccnc21.O=C=O.O=C=O.O=C=O.O=C=O.O=C=O.O=C=O.O=C=O. The summed E-state index contributed by atoms with van der Waals surface area (Å²) < 4.78 is 14.0. The maximum Gasteiger partial charge on any atom is 0.373 e. The average molecular weight is 1780 g/mol. The summed E-state index contributed by atoms with van der Waals surface area (Å²) in [6.07, 6.45) is 12.2. The van der Waals surface area contributed by atoms with Crippen molar-refractivity contribution in [1.82, 2.24) is 87.9 Å². The lowest BCUT2D eigenvalue weighted by Crippen LogP contribution is -2.11. The van der Waals surface area contributed by atoms with Gasteiger partial charge in [0, 0.05) is 157 Å². The number of anilines is 2. The lowest BCUT2D eigenvalue weighted by atomic mass is 10.2. The van der Waals surface area contributed by atoms with Crippen LogP contribution in [0.5, 0.6) is 0 Å². The van der Waals surface area contributed by atoms with Gasteiger partial charge in [-0.25, -0.2) is 34.9 Å². The third kappa shape index (κ3) is 42.5. The van der Waals surface area contributed by atoms with Crippen LogP contribution in [0.2, 0.25) is 0 Å². The number of nitrogens with zero attached hydrogens (tertiary/aromatic N) is 21. The highest BCUT2D eigenvalue weighted by Gasteiger charge is 2.20. The molecule has 13 heterocycles. The predicted molar refractivity (Wildman–Crippen MR) is 455 cm³/mol. The van der Waals surface area contributed by atoms with Crippen LogP contribution in [0.15, 0.2) is 131 Å². The van der Waals surface area contributed by atoms with E-state index >= 15 is 0 Å². The number of fused-ring (bicyclic) bond motifs is 4. The molecule has 0 saturated carbocycles. The van der Waals surface area contributed by atoms with Crippen molar-refractivity contribution < 1.29 is 71.9 Å². The van der Waals surface area contributed by atoms with E-state index in [1.807, 2.05) is 154 Å². The number of thiazole rings is 2. The van der Waals surface area contributed by atoms with E-state index in [0.717, 1.165) is 80.0 Å². The third-order valence-electron chi connectivity index (χ3n) is 16.6. The highest BCUT2D eigenvalue weighted by atomic mass is 79.9. The van der Waals surface area contributed by atoms with E-state index in [9.17, 15) is 4.79 Å². The summed E-state index contributed by atoms with van der Waals surface area (Å²) in [6.45, 7) is 40.4. The van der Waals surface area contributed by atoms with Crippen LogP contribution >= 0.6 is 38.6 Å². The number of aromatic nitrogens is 18. The lowest BCUT2D eigenvalue weighted by Gasteiger charge is -2.12. The molecule has 650 valence electrons. The van der Waals surface area contributed by atoms with Crippen molar-refractivity contribution in [3.63, 3.8) is 0 Å². The van der Waals surface area contributed by atoms with Gasteiger partial charge in [0.25, 0.3) is 5.91 Å². The van der Waals surface area contributed by atoms with Crippen molar-refractivity contribution in [2.24, 2.45) is 54.3 Å². The molecule has 0 spiro atoms. The van der Waals surface area contributed by atoms with Crippen molar-refractivity contribution in [3.05, 3.63) is 238 Å². The largest absolute Gasteiger partial charge is 0.373 e. The maximum absolute atomic E-state index is 11.1. The number of pyridine rings is 1. The zero-order chi connectivity index (χ0) is 94.1. The second kappa shape index (κ2) is 62.3. The highest BCUT2D eigenvalue weighted by Crippen LogP contribution is 2.32. The molecule has 0 radical (unpaired) electrons. The first-order valence-electron chi connectivity index (χ1n) is 36.0. The van der Waals surface area contributed by atoms with E-state index in [1.54, 1.807) is 64.0 Å². The quantitative estimate of drug-likeness (QED) is 0.147. The Labute approximate surface area is 724 Å². The molecule has 12 aromatic rings. The molecule has 0 aliphatic carbocycles. The number of rotatable bonds is 1. The number of likely N-dealkylation sites (N-methyl/N-ethyl adjacent to an activating group) is 2. The van der Waals surface area contributed by atoms with Gasteiger partial charge in [0.2, 0.25) is 0 Å². The van der Waals surface area contributed by atoms with Gasteiger partial charge in [0.15, 0.2) is 5.65 Å². The number of allylic oxidation sites excluding steroid dienone is 2. The monoisotopic (exact) mass is 1780 g/mol. The summed E-state index contributed by atoms with van der Waals surface area (Å²) >= 11 is 6.87. The number of carbonyl (C=O) groups excluding carboxylic acids is 15. The number of aliphatic imine (C=N–C) groups is 1. The van der Waals surface area contributed by atoms with Gasteiger partial charge in [-0.05, 0) is 179 Å². The summed E-state index contributed by atoms with van der Waals surface area (Å²) in [4.78, 5) is 159. The number of para-hydroxylation sites is 2. The van der Waals surface area contributed by atoms with Crippen LogP contribution < -0.4 is 9.80 Å². The van der Waals surface area contributed by atoms with Crippen molar-refractivity contribution in [1.29, 1.82) is 0 Å². The summed E-state index contributed by atoms with van der Waals surface area (Å²) in [5.74, 6) is 1.61. The Bertz CT molecular complexity index is 5020. The van der Waals surface area contributed by atoms with Crippen LogP contribution in [0.1, 0.15) is 123 Å². The fourth-order valence-electron chi connectivity index (χ4n) is 10.0. The molecular weight excluding hydrogens is 1680 g/mol. The minimum Gasteiger partial charge on any atom is -0.348 e. The standard InChI is InChI=1S/2C10H11N.C7H7N3O.C7H7N3.2C7H12N2.C6H9BrN2.C6H10N2.C6H9NS.C5H9N3.C5H7NS.7CO2/c2*1-8-7-9-5-3-4-6-10(9)11(8)2;1-10-4-9-5-2-3-8-7(11)6(5)10;1-10-5-9-6-3-2-4-8-7(6)10;1-5-6(2)8-9(4)7(5)3;1-4-7-5-6(2)9(3)8-7;1-4-6(7)5(2)9(3)8-4;1-5-4-6(2)8(3)7-5;1-4-5(2)8-6(3)7-4;1-4-6-5(2)8(3)7-4;1-4-3-7-5(2)6-4;7*2-1-3/h2*3-6H,1,7H2,2H3;3-4H,2H2,1H3;2-5H,1H3;1-4H3;5H,4H2,1-3H3;1-3H3;4H,1-3H3;2*1-3H3;3H,1-2H3;;;;;;;. The minimum absolute atomic E-state index is 0.189. The number of carbonyl (C=O) groups is 1. The van der Waals surface area contributed by atoms with Crippen LogP contribution in [0.25, 0.3) is 11.2 Å². The number of hydrogen-bond acceptors (Lipinski definition) is 30. The van der Waals surface area contributed by atoms with E-state index in [1.165, 1.54) is 83.5 Å². The molecule has 0 fully saturated rings. The molecule has 2 aromatic carbocycles. The number of imidazole rings is 2. The van der Waals surface area contributed by atoms with Gasteiger partial charge in [-0.2, -0.15) is 92.6 Å². The van der Waals surface area contributed by atoms with E-state index in [-0.39, 0.29) is 49.0 Å². The molecule has 3 aliphatic heterocycles. The fraction of sp³-hybridized carbons (Fsp3) is 0.349. The number of aryl methyl sites for hydroxylation is 20. The molecule has 0 unspecified atom stereocenters. The van der Waals surface area contributed by atoms with Gasteiger partial charge in [0.1, 0.15) is 22.9 Å². The number of hydrogen-bond donors (Lipinski definition) is 0. The van der Waals surface area contributed by atoms with E-state index in [0.29, 0.717) is 12.1 Å². The highest BCUT2D eigenvalue weighted by molar-refractivity contribution is 9.10. The van der Waals surface area contributed by atoms with E-state index < -0.39 is 0 Å². The van der Waals surface area contributed by atoms with Crippen LogP contribution in [0.4, 0.5) is 11.4 Å². The fourth-order valence-corrected chi connectivity index (χ4v) is 11.8. The van der Waals surface area contributed by atoms with Crippen LogP contribution in [-0.4, -0.2) is 157 Å². The normalized spacial score (nSPS) is 10.2. The zero-order valence-electron chi connectivity index (χ0n) is 73.3. The molecule has 15 rings (SSSR count). The predicted octanol–water partition coefficient (Wildman–Crippen LogP) is 11.2. The Morgan fingerprint density at radius 1 is 0.475 bits per heavy atom. The van der Waals surface area contributed by atoms with Gasteiger partial charge in [-0.15, -0.1) is 22.7 Å². The van der Waals surface area contributed by atoms with Gasteiger partial charge in [-0.3, -0.25) is 28.2 Å². The molecule has 1 amide bonds. The van der Waals surface area contributed by atoms with Gasteiger partial charge in [-0.1, -0.05) is 56.5 Å². The van der Waals surface area contributed by atoms with Gasteiger partial charge in [0.05, 0.1) is 61.3 Å². The summed E-state index contributed by atoms with van der Waals surface area (Å²) in [7, 11) is 17.6. The molecule has 36 nitrogen and oxygen atoms in total. The molecule has 3 aliphatic rings. The van der Waals surface area contributed by atoms with Crippen LogP contribution in [0.3, 0.4) is 0 Å². The summed E-state index contributed by atoms with van der Waals surface area (Å²) in [5, 5.41) is 25.2. The third-order valence-corrected chi connectivity index (χ3v) is 19.7. The Morgan fingerprint density at radius 3 is 1.20 bits per heavy atom. The first kappa shape index (κ1) is 112. The van der Waals surface area contributed by atoms with Gasteiger partial charge >= 0.3 is 43.1 Å². The Hall–Kier alpha value is -13.9.